The average Bonchev–Trinajstić information content (AvgIpc) is 2.99. The second kappa shape index (κ2) is 5.13. The van der Waals surface area contributed by atoms with Gasteiger partial charge in [0.05, 0.1) is 17.9 Å². The van der Waals surface area contributed by atoms with E-state index in [2.05, 4.69) is 4.98 Å². The summed E-state index contributed by atoms with van der Waals surface area (Å²) >= 11 is 0. The Morgan fingerprint density at radius 1 is 1.16 bits per heavy atom. The van der Waals surface area contributed by atoms with Crippen molar-refractivity contribution < 1.29 is 14.6 Å². The lowest BCUT2D eigenvalue weighted by Gasteiger charge is -2.11. The first-order chi connectivity index (χ1) is 9.22. The maximum absolute atomic E-state index is 9.49. The zero-order valence-corrected chi connectivity index (χ0v) is 10.4. The molecule has 5 heteroatoms. The number of aromatic nitrogens is 1. The van der Waals surface area contributed by atoms with Crippen molar-refractivity contribution in [3.05, 3.63) is 42.3 Å². The van der Waals surface area contributed by atoms with Crippen molar-refractivity contribution in [1.29, 1.82) is 0 Å². The summed E-state index contributed by atoms with van der Waals surface area (Å²) in [4.78, 5) is 6.38. The first-order valence-electron chi connectivity index (χ1n) is 6.30. The van der Waals surface area contributed by atoms with Gasteiger partial charge in [0.1, 0.15) is 6.26 Å². The number of aliphatic hydroxyl groups is 2. The molecule has 1 aromatic heterocycles. The van der Waals surface area contributed by atoms with E-state index in [-0.39, 0.29) is 0 Å². The minimum absolute atomic E-state index is 0.467. The van der Waals surface area contributed by atoms with Crippen molar-refractivity contribution in [3.63, 3.8) is 0 Å². The molecule has 3 rings (SSSR count). The van der Waals surface area contributed by atoms with E-state index in [4.69, 9.17) is 4.42 Å². The molecule has 5 nitrogen and oxygen atoms in total. The number of likely N-dealkylation sites (tertiary alicyclic amines) is 1. The van der Waals surface area contributed by atoms with Crippen molar-refractivity contribution >= 4 is 0 Å². The summed E-state index contributed by atoms with van der Waals surface area (Å²) in [5.41, 5.74) is 1.75. The van der Waals surface area contributed by atoms with Gasteiger partial charge in [-0.2, -0.15) is 0 Å². The van der Waals surface area contributed by atoms with Crippen molar-refractivity contribution in [2.75, 3.05) is 13.1 Å². The maximum Gasteiger partial charge on any atom is 0.226 e. The molecule has 1 fully saturated rings. The largest absolute Gasteiger partial charge is 0.444 e. The van der Waals surface area contributed by atoms with Crippen LogP contribution in [0.2, 0.25) is 0 Å². The normalized spacial score (nSPS) is 23.9. The van der Waals surface area contributed by atoms with Gasteiger partial charge in [0.15, 0.2) is 0 Å². The Labute approximate surface area is 111 Å². The Kier molecular flexibility index (Phi) is 3.33. The highest BCUT2D eigenvalue weighted by Gasteiger charge is 2.29. The van der Waals surface area contributed by atoms with E-state index < -0.39 is 12.2 Å². The number of oxazole rings is 1. The van der Waals surface area contributed by atoms with Gasteiger partial charge >= 0.3 is 0 Å². The number of hydrogen-bond donors (Lipinski definition) is 2. The van der Waals surface area contributed by atoms with Crippen LogP contribution in [0.3, 0.4) is 0 Å². The van der Waals surface area contributed by atoms with Crippen LogP contribution < -0.4 is 0 Å². The molecule has 2 N–H and O–H groups in total. The third-order valence-corrected chi connectivity index (χ3v) is 3.29. The Morgan fingerprint density at radius 2 is 1.84 bits per heavy atom. The third-order valence-electron chi connectivity index (χ3n) is 3.29. The van der Waals surface area contributed by atoms with Crippen LogP contribution in [0.1, 0.15) is 5.69 Å². The molecule has 1 aliphatic rings. The SMILES string of the molecule is OC1CN(Cc2coc(-c3ccccc3)n2)CC1O. The van der Waals surface area contributed by atoms with Crippen LogP contribution in [0.4, 0.5) is 0 Å². The van der Waals surface area contributed by atoms with Crippen LogP contribution in [-0.2, 0) is 6.54 Å². The molecule has 0 spiro atoms. The maximum atomic E-state index is 9.49. The number of nitrogens with zero attached hydrogens (tertiary/aromatic N) is 2. The molecular weight excluding hydrogens is 244 g/mol. The third kappa shape index (κ3) is 2.68. The highest BCUT2D eigenvalue weighted by Crippen LogP contribution is 2.20. The predicted octanol–water partition coefficient (Wildman–Crippen LogP) is 0.879. The van der Waals surface area contributed by atoms with Gasteiger partial charge in [-0.25, -0.2) is 4.98 Å². The molecule has 1 aromatic carbocycles. The van der Waals surface area contributed by atoms with Crippen LogP contribution in [0.25, 0.3) is 11.5 Å². The molecule has 2 heterocycles. The molecule has 100 valence electrons. The van der Waals surface area contributed by atoms with Gasteiger partial charge in [0, 0.05) is 25.2 Å². The van der Waals surface area contributed by atoms with Crippen molar-refractivity contribution in [2.24, 2.45) is 0 Å². The van der Waals surface area contributed by atoms with Gasteiger partial charge in [-0.05, 0) is 12.1 Å². The second-order valence-corrected chi connectivity index (χ2v) is 4.84. The lowest BCUT2D eigenvalue weighted by atomic mass is 10.2. The van der Waals surface area contributed by atoms with Crippen LogP contribution in [-0.4, -0.2) is 45.4 Å². The number of aliphatic hydroxyl groups excluding tert-OH is 2. The van der Waals surface area contributed by atoms with Crippen molar-refractivity contribution in [1.82, 2.24) is 9.88 Å². The molecule has 0 bridgehead atoms. The fraction of sp³-hybridized carbons (Fsp3) is 0.357. The highest BCUT2D eigenvalue weighted by molar-refractivity contribution is 5.52. The summed E-state index contributed by atoms with van der Waals surface area (Å²) in [6, 6.07) is 9.71. The highest BCUT2D eigenvalue weighted by atomic mass is 16.3. The molecule has 0 aliphatic carbocycles. The molecule has 19 heavy (non-hydrogen) atoms. The Hall–Kier alpha value is -1.69. The quantitative estimate of drug-likeness (QED) is 0.857. The minimum Gasteiger partial charge on any atom is -0.444 e. The van der Waals surface area contributed by atoms with Gasteiger partial charge in [-0.15, -0.1) is 0 Å². The summed E-state index contributed by atoms with van der Waals surface area (Å²) in [6.07, 6.45) is 0.292. The topological polar surface area (TPSA) is 69.7 Å². The number of hydrogen-bond acceptors (Lipinski definition) is 5. The minimum atomic E-state index is -0.666. The molecule has 2 aromatic rings. The summed E-state index contributed by atoms with van der Waals surface area (Å²) in [5.74, 6) is 0.593. The summed E-state index contributed by atoms with van der Waals surface area (Å²) in [5, 5.41) is 19.0. The van der Waals surface area contributed by atoms with E-state index in [9.17, 15) is 10.2 Å². The lowest BCUT2D eigenvalue weighted by molar-refractivity contribution is 0.0572. The van der Waals surface area contributed by atoms with E-state index in [0.29, 0.717) is 25.5 Å². The zero-order valence-electron chi connectivity index (χ0n) is 10.4. The van der Waals surface area contributed by atoms with Gasteiger partial charge < -0.3 is 14.6 Å². The molecular formula is C14H16N2O3. The summed E-state index contributed by atoms with van der Waals surface area (Å²) in [6.45, 7) is 1.51. The van der Waals surface area contributed by atoms with E-state index in [1.165, 1.54) is 0 Å². The molecule has 2 atom stereocenters. The first kappa shape index (κ1) is 12.3. The summed E-state index contributed by atoms with van der Waals surface area (Å²) < 4.78 is 5.45. The summed E-state index contributed by atoms with van der Waals surface area (Å²) in [7, 11) is 0. The lowest BCUT2D eigenvalue weighted by Crippen LogP contribution is -2.22. The Morgan fingerprint density at radius 3 is 2.53 bits per heavy atom. The fourth-order valence-corrected chi connectivity index (χ4v) is 2.30. The Balaban J connectivity index is 1.69. The van der Waals surface area contributed by atoms with Crippen LogP contribution in [0.15, 0.2) is 41.0 Å². The molecule has 1 saturated heterocycles. The smallest absolute Gasteiger partial charge is 0.226 e. The van der Waals surface area contributed by atoms with Gasteiger partial charge in [0.2, 0.25) is 5.89 Å². The van der Waals surface area contributed by atoms with Gasteiger partial charge in [0.25, 0.3) is 0 Å². The standard InChI is InChI=1S/C14H16N2O3/c17-12-7-16(8-13(12)18)6-11-9-19-14(15-11)10-4-2-1-3-5-10/h1-5,9,12-13,17-18H,6-8H2. The van der Waals surface area contributed by atoms with Gasteiger partial charge in [-0.3, -0.25) is 4.90 Å². The second-order valence-electron chi connectivity index (χ2n) is 4.84. The van der Waals surface area contributed by atoms with E-state index >= 15 is 0 Å². The molecule has 1 aliphatic heterocycles. The van der Waals surface area contributed by atoms with Crippen molar-refractivity contribution in [3.8, 4) is 11.5 Å². The van der Waals surface area contributed by atoms with Crippen LogP contribution >= 0.6 is 0 Å². The number of rotatable bonds is 3. The fourth-order valence-electron chi connectivity index (χ4n) is 2.30. The monoisotopic (exact) mass is 260 g/mol. The molecule has 0 saturated carbocycles. The van der Waals surface area contributed by atoms with E-state index in [0.717, 1.165) is 11.3 Å². The Bertz CT molecular complexity index is 531. The first-order valence-corrected chi connectivity index (χ1v) is 6.30. The number of β-amino-alcohol motifs (C(OH)–C–C–N with tert-alkyl or cyclic N) is 2. The van der Waals surface area contributed by atoms with E-state index in [1.807, 2.05) is 35.2 Å². The van der Waals surface area contributed by atoms with E-state index in [1.54, 1.807) is 6.26 Å². The number of benzene rings is 1. The van der Waals surface area contributed by atoms with Crippen LogP contribution in [0.5, 0.6) is 0 Å². The van der Waals surface area contributed by atoms with Crippen molar-refractivity contribution in [2.45, 2.75) is 18.8 Å². The predicted molar refractivity (Wildman–Crippen MR) is 69.2 cm³/mol. The molecule has 0 radical (unpaired) electrons. The molecule has 0 amide bonds. The van der Waals surface area contributed by atoms with Crippen LogP contribution in [0, 0.1) is 0 Å². The zero-order chi connectivity index (χ0) is 13.2. The molecule has 2 unspecified atom stereocenters. The average molecular weight is 260 g/mol. The van der Waals surface area contributed by atoms with Gasteiger partial charge in [-0.1, -0.05) is 18.2 Å².